The van der Waals surface area contributed by atoms with Gasteiger partial charge in [-0.1, -0.05) is 0 Å². The third-order valence-corrected chi connectivity index (χ3v) is 7.17. The fraction of sp³-hybridized carbons (Fsp3) is 0.478. The fourth-order valence-corrected chi connectivity index (χ4v) is 5.52. The van der Waals surface area contributed by atoms with E-state index in [1.165, 1.54) is 11.3 Å². The molecule has 1 N–H and O–H groups in total. The van der Waals surface area contributed by atoms with Crippen LogP contribution in [0.3, 0.4) is 0 Å². The van der Waals surface area contributed by atoms with Crippen LogP contribution in [0.25, 0.3) is 5.65 Å². The third-order valence-electron chi connectivity index (χ3n) is 5.97. The molecule has 34 heavy (non-hydrogen) atoms. The Labute approximate surface area is 197 Å². The molecule has 180 valence electrons. The summed E-state index contributed by atoms with van der Waals surface area (Å²) in [6.07, 6.45) is 1.06. The van der Waals surface area contributed by atoms with Crippen molar-refractivity contribution in [2.24, 2.45) is 0 Å². The number of fused-ring (bicyclic) bond motifs is 2. The molecule has 1 fully saturated rings. The van der Waals surface area contributed by atoms with E-state index in [-0.39, 0.29) is 23.2 Å². The van der Waals surface area contributed by atoms with Crippen LogP contribution >= 0.6 is 11.3 Å². The number of nitrogens with zero attached hydrogens (tertiary/aromatic N) is 3. The number of aromatic nitrogens is 3. The summed E-state index contributed by atoms with van der Waals surface area (Å²) < 4.78 is 47.1. The molecular weight excluding hydrogens is 469 g/mol. The van der Waals surface area contributed by atoms with Gasteiger partial charge in [0.2, 0.25) is 0 Å². The van der Waals surface area contributed by atoms with Crippen LogP contribution in [0.4, 0.5) is 18.2 Å². The van der Waals surface area contributed by atoms with Gasteiger partial charge in [0.05, 0.1) is 17.9 Å². The summed E-state index contributed by atoms with van der Waals surface area (Å²) in [5.41, 5.74) is 0.323. The monoisotopic (exact) mass is 492 g/mol. The average Bonchev–Trinajstić information content (AvgIpc) is 3.41. The van der Waals surface area contributed by atoms with Crippen LogP contribution in [0.2, 0.25) is 0 Å². The Kier molecular flexibility index (Phi) is 5.62. The van der Waals surface area contributed by atoms with Crippen molar-refractivity contribution < 1.29 is 27.5 Å². The number of halogens is 3. The van der Waals surface area contributed by atoms with Gasteiger partial charge in [-0.25, -0.2) is 14.3 Å². The minimum absolute atomic E-state index is 0.0432. The number of hydrogen-bond acceptors (Lipinski definition) is 6. The van der Waals surface area contributed by atoms with Crippen LogP contribution in [0.15, 0.2) is 12.3 Å². The average molecular weight is 493 g/mol. The van der Waals surface area contributed by atoms with Crippen LogP contribution in [-0.4, -0.2) is 32.6 Å². The lowest BCUT2D eigenvalue weighted by molar-refractivity contribution is -0.142. The number of hydrogen-bond donors (Lipinski definition) is 1. The summed E-state index contributed by atoms with van der Waals surface area (Å²) in [5.74, 6) is -1.22. The molecule has 1 saturated carbocycles. The van der Waals surface area contributed by atoms with E-state index >= 15 is 0 Å². The Balaban J connectivity index is 1.54. The van der Waals surface area contributed by atoms with Gasteiger partial charge < -0.3 is 10.1 Å². The molecule has 0 radical (unpaired) electrons. The van der Waals surface area contributed by atoms with Gasteiger partial charge in [0.1, 0.15) is 16.3 Å². The Bertz CT molecular complexity index is 1290. The first-order valence-corrected chi connectivity index (χ1v) is 12.1. The Morgan fingerprint density at radius 3 is 2.65 bits per heavy atom. The highest BCUT2D eigenvalue weighted by molar-refractivity contribution is 7.17. The van der Waals surface area contributed by atoms with Crippen molar-refractivity contribution >= 4 is 33.9 Å². The van der Waals surface area contributed by atoms with E-state index in [0.717, 1.165) is 54.8 Å². The molecule has 0 unspecified atom stereocenters. The molecule has 2 aliphatic carbocycles. The van der Waals surface area contributed by atoms with Crippen molar-refractivity contribution in [2.75, 3.05) is 5.32 Å². The van der Waals surface area contributed by atoms with Crippen molar-refractivity contribution in [2.45, 2.75) is 70.6 Å². The topological polar surface area (TPSA) is 85.6 Å². The normalized spacial score (nSPS) is 16.1. The summed E-state index contributed by atoms with van der Waals surface area (Å²) in [4.78, 5) is 31.4. The van der Waals surface area contributed by atoms with Crippen LogP contribution in [0, 0.1) is 0 Å². The molecule has 3 aromatic heterocycles. The molecule has 0 atom stereocenters. The molecule has 0 bridgehead atoms. The second kappa shape index (κ2) is 8.37. The second-order valence-corrected chi connectivity index (χ2v) is 10.1. The standard InChI is InChI=1S/C23H23F3N4O3S/c1-11(2)33-22(32)18-13-5-3-4-6-16(13)34-21(18)29-20(31)14-10-27-30-17(23(24,25)26)9-15(12-7-8-12)28-19(14)30/h9-12H,3-8H2,1-2H3,(H,29,31). The zero-order chi connectivity index (χ0) is 24.2. The van der Waals surface area contributed by atoms with Gasteiger partial charge in [0.15, 0.2) is 5.65 Å². The Hall–Kier alpha value is -2.95. The lowest BCUT2D eigenvalue weighted by Crippen LogP contribution is -2.18. The Morgan fingerprint density at radius 2 is 1.97 bits per heavy atom. The van der Waals surface area contributed by atoms with Crippen LogP contribution in [0.5, 0.6) is 0 Å². The van der Waals surface area contributed by atoms with Crippen molar-refractivity contribution in [1.29, 1.82) is 0 Å². The van der Waals surface area contributed by atoms with Crippen molar-refractivity contribution in [1.82, 2.24) is 14.6 Å². The number of anilines is 1. The third kappa shape index (κ3) is 4.17. The molecule has 0 aliphatic heterocycles. The maximum Gasteiger partial charge on any atom is 0.433 e. The number of ether oxygens (including phenoxy) is 1. The molecule has 7 nitrogen and oxygen atoms in total. The van der Waals surface area contributed by atoms with Gasteiger partial charge >= 0.3 is 12.1 Å². The summed E-state index contributed by atoms with van der Waals surface area (Å²) in [5, 5.41) is 6.90. The zero-order valence-electron chi connectivity index (χ0n) is 18.7. The fourth-order valence-electron chi connectivity index (χ4n) is 4.25. The molecule has 5 rings (SSSR count). The highest BCUT2D eigenvalue weighted by atomic mass is 32.1. The van der Waals surface area contributed by atoms with E-state index in [1.54, 1.807) is 13.8 Å². The maximum absolute atomic E-state index is 13.7. The van der Waals surface area contributed by atoms with E-state index in [0.29, 0.717) is 27.2 Å². The molecule has 3 heterocycles. The molecule has 0 spiro atoms. The van der Waals surface area contributed by atoms with Gasteiger partial charge in [0, 0.05) is 16.5 Å². The predicted molar refractivity (Wildman–Crippen MR) is 119 cm³/mol. The number of nitrogens with one attached hydrogen (secondary N) is 1. The van der Waals surface area contributed by atoms with E-state index < -0.39 is 23.7 Å². The number of rotatable bonds is 5. The van der Waals surface area contributed by atoms with E-state index in [4.69, 9.17) is 4.74 Å². The summed E-state index contributed by atoms with van der Waals surface area (Å²) >= 11 is 1.31. The SMILES string of the molecule is CC(C)OC(=O)c1c(NC(=O)c2cnn3c(C(F)(F)F)cc(C4CC4)nc23)sc2c1CCCC2. The van der Waals surface area contributed by atoms with Crippen LogP contribution in [-0.2, 0) is 23.8 Å². The predicted octanol–water partition coefficient (Wildman–Crippen LogP) is 5.38. The summed E-state index contributed by atoms with van der Waals surface area (Å²) in [6, 6.07) is 1.01. The second-order valence-electron chi connectivity index (χ2n) is 8.96. The number of esters is 1. The van der Waals surface area contributed by atoms with Gasteiger partial charge in [0.25, 0.3) is 5.91 Å². The first kappa shape index (κ1) is 22.8. The van der Waals surface area contributed by atoms with Gasteiger partial charge in [-0.3, -0.25) is 4.79 Å². The quantitative estimate of drug-likeness (QED) is 0.483. The molecule has 1 amide bonds. The number of alkyl halides is 3. The zero-order valence-corrected chi connectivity index (χ0v) is 19.5. The van der Waals surface area contributed by atoms with Gasteiger partial charge in [-0.05, 0) is 64.0 Å². The van der Waals surface area contributed by atoms with E-state index in [2.05, 4.69) is 15.4 Å². The molecular formula is C23H23F3N4O3S. The lowest BCUT2D eigenvalue weighted by atomic mass is 9.95. The van der Waals surface area contributed by atoms with Crippen molar-refractivity contribution in [3.05, 3.63) is 45.2 Å². The highest BCUT2D eigenvalue weighted by Gasteiger charge is 2.38. The molecule has 3 aromatic rings. The first-order valence-electron chi connectivity index (χ1n) is 11.3. The first-order chi connectivity index (χ1) is 16.1. The maximum atomic E-state index is 13.7. The number of amides is 1. The number of carbonyl (C=O) groups is 2. The smallest absolute Gasteiger partial charge is 0.433 e. The van der Waals surface area contributed by atoms with Crippen molar-refractivity contribution in [3.63, 3.8) is 0 Å². The molecule has 2 aliphatic rings. The van der Waals surface area contributed by atoms with Crippen LogP contribution < -0.4 is 5.32 Å². The Morgan fingerprint density at radius 1 is 1.24 bits per heavy atom. The number of thiophene rings is 1. The van der Waals surface area contributed by atoms with Crippen LogP contribution in [0.1, 0.15) is 88.0 Å². The van der Waals surface area contributed by atoms with E-state index in [9.17, 15) is 22.8 Å². The minimum Gasteiger partial charge on any atom is -0.459 e. The van der Waals surface area contributed by atoms with Crippen molar-refractivity contribution in [3.8, 4) is 0 Å². The van der Waals surface area contributed by atoms with E-state index in [1.807, 2.05) is 0 Å². The largest absolute Gasteiger partial charge is 0.459 e. The van der Waals surface area contributed by atoms with Gasteiger partial charge in [-0.15, -0.1) is 11.3 Å². The lowest BCUT2D eigenvalue weighted by Gasteiger charge is -2.14. The number of aryl methyl sites for hydroxylation is 1. The van der Waals surface area contributed by atoms with Gasteiger partial charge in [-0.2, -0.15) is 18.3 Å². The summed E-state index contributed by atoms with van der Waals surface area (Å²) in [6.45, 7) is 3.49. The molecule has 0 saturated heterocycles. The minimum atomic E-state index is -4.65. The summed E-state index contributed by atoms with van der Waals surface area (Å²) in [7, 11) is 0. The number of carbonyl (C=O) groups excluding carboxylic acids is 2. The molecule has 11 heteroatoms. The highest BCUT2D eigenvalue weighted by Crippen LogP contribution is 2.42. The molecule has 0 aromatic carbocycles.